The van der Waals surface area contributed by atoms with Crippen molar-refractivity contribution in [3.8, 4) is 5.75 Å². The second kappa shape index (κ2) is 7.38. The maximum absolute atomic E-state index is 9.27. The third kappa shape index (κ3) is 3.93. The number of thioether (sulfide) groups is 1. The maximum Gasteiger partial charge on any atom is 0.137 e. The smallest absolute Gasteiger partial charge is 0.137 e. The van der Waals surface area contributed by atoms with Crippen molar-refractivity contribution in [1.29, 1.82) is 0 Å². The molecule has 0 aliphatic rings. The molecule has 3 nitrogen and oxygen atoms in total. The van der Waals surface area contributed by atoms with Gasteiger partial charge in [0.1, 0.15) is 5.75 Å². The third-order valence-electron chi connectivity index (χ3n) is 3.14. The minimum Gasteiger partial charge on any atom is -0.495 e. The first kappa shape index (κ1) is 15.7. The molecule has 0 heterocycles. The molecule has 0 spiro atoms. The number of oxime groups is 1. The Kier molecular flexibility index (Phi) is 5.53. The van der Waals surface area contributed by atoms with E-state index in [1.54, 1.807) is 31.0 Å². The number of methoxy groups -OCH3 is 1. The van der Waals surface area contributed by atoms with Crippen LogP contribution in [0, 0.1) is 0 Å². The lowest BCUT2D eigenvalue weighted by Crippen LogP contribution is -2.05. The van der Waals surface area contributed by atoms with Crippen LogP contribution in [0.3, 0.4) is 0 Å². The molecule has 0 atom stereocenters. The standard InChI is InChI=1S/C16H16ClNO2S/c1-20-16-8-5-12(10-14(16)17)15(18-19)9-11-3-6-13(21-2)7-4-11/h3-8,10,19H,9H2,1-2H3/b18-15+. The molecule has 110 valence electrons. The van der Waals surface area contributed by atoms with Gasteiger partial charge in [-0.1, -0.05) is 28.9 Å². The molecule has 0 fully saturated rings. The lowest BCUT2D eigenvalue weighted by atomic mass is 10.0. The average Bonchev–Trinajstić information content (AvgIpc) is 2.53. The highest BCUT2D eigenvalue weighted by Crippen LogP contribution is 2.26. The molecule has 5 heteroatoms. The molecule has 2 aromatic carbocycles. The van der Waals surface area contributed by atoms with Crippen molar-refractivity contribution < 1.29 is 9.94 Å². The summed E-state index contributed by atoms with van der Waals surface area (Å²) in [5.41, 5.74) is 2.42. The molecule has 2 aromatic rings. The highest BCUT2D eigenvalue weighted by atomic mass is 35.5. The summed E-state index contributed by atoms with van der Waals surface area (Å²) in [4.78, 5) is 1.20. The van der Waals surface area contributed by atoms with Crippen LogP contribution in [0.5, 0.6) is 5.75 Å². The van der Waals surface area contributed by atoms with E-state index in [2.05, 4.69) is 17.3 Å². The van der Waals surface area contributed by atoms with E-state index in [4.69, 9.17) is 16.3 Å². The van der Waals surface area contributed by atoms with Crippen molar-refractivity contribution in [1.82, 2.24) is 0 Å². The molecule has 0 bridgehead atoms. The van der Waals surface area contributed by atoms with Crippen molar-refractivity contribution in [2.75, 3.05) is 13.4 Å². The first-order valence-corrected chi connectivity index (χ1v) is 7.96. The van der Waals surface area contributed by atoms with Gasteiger partial charge in [0.25, 0.3) is 0 Å². The lowest BCUT2D eigenvalue weighted by molar-refractivity contribution is 0.318. The number of rotatable bonds is 5. The van der Waals surface area contributed by atoms with Gasteiger partial charge in [-0.15, -0.1) is 11.8 Å². The van der Waals surface area contributed by atoms with E-state index >= 15 is 0 Å². The van der Waals surface area contributed by atoms with E-state index in [0.717, 1.165) is 11.1 Å². The van der Waals surface area contributed by atoms with Crippen LogP contribution in [0.2, 0.25) is 5.02 Å². The second-order valence-electron chi connectivity index (χ2n) is 4.42. The van der Waals surface area contributed by atoms with Crippen LogP contribution in [0.1, 0.15) is 11.1 Å². The summed E-state index contributed by atoms with van der Waals surface area (Å²) in [7, 11) is 1.56. The Bertz CT molecular complexity index is 641. The number of hydrogen-bond donors (Lipinski definition) is 1. The molecule has 0 saturated carbocycles. The van der Waals surface area contributed by atoms with Crippen LogP contribution in [-0.2, 0) is 6.42 Å². The Balaban J connectivity index is 2.21. The van der Waals surface area contributed by atoms with E-state index in [9.17, 15) is 5.21 Å². The first-order valence-electron chi connectivity index (χ1n) is 6.35. The molecule has 1 N–H and O–H groups in total. The van der Waals surface area contributed by atoms with E-state index in [1.165, 1.54) is 4.90 Å². The van der Waals surface area contributed by atoms with E-state index in [1.807, 2.05) is 24.5 Å². The third-order valence-corrected chi connectivity index (χ3v) is 4.18. The lowest BCUT2D eigenvalue weighted by Gasteiger charge is -2.08. The van der Waals surface area contributed by atoms with Gasteiger partial charge < -0.3 is 9.94 Å². The van der Waals surface area contributed by atoms with Crippen molar-refractivity contribution >= 4 is 29.1 Å². The van der Waals surface area contributed by atoms with Gasteiger partial charge in [-0.05, 0) is 42.2 Å². The Morgan fingerprint density at radius 3 is 2.48 bits per heavy atom. The summed E-state index contributed by atoms with van der Waals surface area (Å²) in [6.07, 6.45) is 2.57. The van der Waals surface area contributed by atoms with Gasteiger partial charge in [0, 0.05) is 16.9 Å². The minimum atomic E-state index is 0.494. The molecular weight excluding hydrogens is 306 g/mol. The summed E-state index contributed by atoms with van der Waals surface area (Å²) in [5.74, 6) is 0.599. The number of hydrogen-bond acceptors (Lipinski definition) is 4. The summed E-state index contributed by atoms with van der Waals surface area (Å²) in [6.45, 7) is 0. The summed E-state index contributed by atoms with van der Waals surface area (Å²) in [6, 6.07) is 13.5. The Hall–Kier alpha value is -1.65. The minimum absolute atomic E-state index is 0.494. The van der Waals surface area contributed by atoms with Crippen LogP contribution < -0.4 is 4.74 Å². The largest absolute Gasteiger partial charge is 0.495 e. The zero-order valence-corrected chi connectivity index (χ0v) is 13.4. The fraction of sp³-hybridized carbons (Fsp3) is 0.188. The number of nitrogens with zero attached hydrogens (tertiary/aromatic N) is 1. The van der Waals surface area contributed by atoms with Crippen molar-refractivity contribution in [3.05, 3.63) is 58.6 Å². The fourth-order valence-electron chi connectivity index (χ4n) is 1.98. The maximum atomic E-state index is 9.27. The highest BCUT2D eigenvalue weighted by molar-refractivity contribution is 7.98. The summed E-state index contributed by atoms with van der Waals surface area (Å²) >= 11 is 7.80. The van der Waals surface area contributed by atoms with Crippen LogP contribution in [0.15, 0.2) is 52.5 Å². The summed E-state index contributed by atoms with van der Waals surface area (Å²) < 4.78 is 5.12. The molecule has 0 amide bonds. The van der Waals surface area contributed by atoms with Gasteiger partial charge in [0.15, 0.2) is 0 Å². The Morgan fingerprint density at radius 1 is 1.24 bits per heavy atom. The second-order valence-corrected chi connectivity index (χ2v) is 5.71. The predicted molar refractivity (Wildman–Crippen MR) is 88.3 cm³/mol. The van der Waals surface area contributed by atoms with Crippen LogP contribution >= 0.6 is 23.4 Å². The van der Waals surface area contributed by atoms with Gasteiger partial charge in [0.2, 0.25) is 0 Å². The normalized spacial score (nSPS) is 11.5. The van der Waals surface area contributed by atoms with Crippen molar-refractivity contribution in [2.45, 2.75) is 11.3 Å². The van der Waals surface area contributed by atoms with Gasteiger partial charge in [-0.3, -0.25) is 0 Å². The molecule has 0 aliphatic carbocycles. The zero-order chi connectivity index (χ0) is 15.2. The zero-order valence-electron chi connectivity index (χ0n) is 11.8. The molecule has 0 saturated heterocycles. The predicted octanol–water partition coefficient (Wildman–Crippen LogP) is 4.49. The molecule has 0 unspecified atom stereocenters. The molecule has 2 rings (SSSR count). The molecule has 21 heavy (non-hydrogen) atoms. The molecule has 0 radical (unpaired) electrons. The van der Waals surface area contributed by atoms with Crippen LogP contribution in [-0.4, -0.2) is 24.3 Å². The van der Waals surface area contributed by atoms with Crippen LogP contribution in [0.4, 0.5) is 0 Å². The number of ether oxygens (including phenoxy) is 1. The Labute approximate surface area is 133 Å². The van der Waals surface area contributed by atoms with Gasteiger partial charge >= 0.3 is 0 Å². The molecule has 0 aliphatic heterocycles. The van der Waals surface area contributed by atoms with Crippen molar-refractivity contribution in [3.63, 3.8) is 0 Å². The van der Waals surface area contributed by atoms with Gasteiger partial charge in [-0.25, -0.2) is 0 Å². The number of benzene rings is 2. The van der Waals surface area contributed by atoms with E-state index in [-0.39, 0.29) is 0 Å². The van der Waals surface area contributed by atoms with Crippen LogP contribution in [0.25, 0.3) is 0 Å². The van der Waals surface area contributed by atoms with E-state index < -0.39 is 0 Å². The fourth-order valence-corrected chi connectivity index (χ4v) is 2.64. The van der Waals surface area contributed by atoms with Gasteiger partial charge in [0.05, 0.1) is 17.8 Å². The van der Waals surface area contributed by atoms with E-state index in [0.29, 0.717) is 22.9 Å². The first-order chi connectivity index (χ1) is 10.2. The van der Waals surface area contributed by atoms with Crippen molar-refractivity contribution in [2.24, 2.45) is 5.16 Å². The monoisotopic (exact) mass is 321 g/mol. The molecule has 0 aromatic heterocycles. The average molecular weight is 322 g/mol. The highest BCUT2D eigenvalue weighted by Gasteiger charge is 2.09. The quantitative estimate of drug-likeness (QED) is 0.382. The molecular formula is C16H16ClNO2S. The van der Waals surface area contributed by atoms with Gasteiger partial charge in [-0.2, -0.15) is 0 Å². The summed E-state index contributed by atoms with van der Waals surface area (Å²) in [5, 5.41) is 13.2. The number of halogens is 1. The topological polar surface area (TPSA) is 41.8 Å². The SMILES string of the molecule is COc1ccc(/C(Cc2ccc(SC)cc2)=N/O)cc1Cl. The Morgan fingerprint density at radius 2 is 1.95 bits per heavy atom.